The zero-order valence-electron chi connectivity index (χ0n) is 16.2. The van der Waals surface area contributed by atoms with Crippen LogP contribution in [0.5, 0.6) is 0 Å². The third kappa shape index (κ3) is 2.72. The molecule has 0 atom stereocenters. The molecular weight excluding hydrogens is 377 g/mol. The number of aromatic nitrogens is 5. The molecule has 0 saturated carbocycles. The Hall–Kier alpha value is -3.80. The average Bonchev–Trinajstić information content (AvgIpc) is 3.51. The number of halogens is 1. The minimum atomic E-state index is -0.533. The second kappa shape index (κ2) is 6.62. The maximum Gasteiger partial charge on any atom is 0.233 e. The molecule has 3 aromatic heterocycles. The van der Waals surface area contributed by atoms with Crippen molar-refractivity contribution in [2.75, 3.05) is 0 Å². The van der Waals surface area contributed by atoms with Gasteiger partial charge in [0.05, 0.1) is 0 Å². The quantitative estimate of drug-likeness (QED) is 0.437. The highest BCUT2D eigenvalue weighted by Crippen LogP contribution is 2.31. The van der Waals surface area contributed by atoms with Crippen LogP contribution in [0.15, 0.2) is 72.9 Å². The lowest BCUT2D eigenvalue weighted by Crippen LogP contribution is -2.03. The van der Waals surface area contributed by atoms with E-state index in [4.69, 9.17) is 9.97 Å². The van der Waals surface area contributed by atoms with E-state index in [-0.39, 0.29) is 0 Å². The van der Waals surface area contributed by atoms with Gasteiger partial charge in [0.15, 0.2) is 11.5 Å². The summed E-state index contributed by atoms with van der Waals surface area (Å²) in [5, 5.41) is 3.86. The number of imidazole rings is 1. The lowest BCUT2D eigenvalue weighted by Gasteiger charge is -2.11. The Kier molecular flexibility index (Phi) is 3.77. The van der Waals surface area contributed by atoms with Crippen LogP contribution in [0.3, 0.4) is 0 Å². The predicted molar refractivity (Wildman–Crippen MR) is 113 cm³/mol. The Bertz CT molecular complexity index is 1380. The molecule has 0 radical (unpaired) electrons. The van der Waals surface area contributed by atoms with Gasteiger partial charge in [-0.2, -0.15) is 4.39 Å². The zero-order chi connectivity index (χ0) is 20.1. The number of pyridine rings is 1. The van der Waals surface area contributed by atoms with Gasteiger partial charge >= 0.3 is 0 Å². The summed E-state index contributed by atoms with van der Waals surface area (Å²) < 4.78 is 17.0. The summed E-state index contributed by atoms with van der Waals surface area (Å²) in [6.07, 6.45) is 5.00. The Morgan fingerprint density at radius 1 is 0.833 bits per heavy atom. The number of hydrogen-bond acceptors (Lipinski definition) is 3. The lowest BCUT2D eigenvalue weighted by atomic mass is 10.1. The Morgan fingerprint density at radius 3 is 2.53 bits per heavy atom. The standard InChI is InChI=1S/C24H18FN5/c25-21-13-14-29(28-21)22-12-11-20-24(27-22)30(23(26-20)17-5-2-1-3-6-17)19-10-9-16-7-4-8-18(16)15-19/h1-3,5-6,9-15H,4,7-8H2. The molecule has 0 saturated heterocycles. The van der Waals surface area contributed by atoms with Gasteiger partial charge in [-0.1, -0.05) is 36.4 Å². The van der Waals surface area contributed by atoms with Gasteiger partial charge in [0, 0.05) is 23.5 Å². The number of nitrogens with zero attached hydrogens (tertiary/aromatic N) is 5. The van der Waals surface area contributed by atoms with Crippen LogP contribution in [0.4, 0.5) is 4.39 Å². The predicted octanol–water partition coefficient (Wildman–Crippen LogP) is 4.90. The molecule has 146 valence electrons. The van der Waals surface area contributed by atoms with Gasteiger partial charge in [-0.3, -0.25) is 4.57 Å². The molecule has 6 heteroatoms. The van der Waals surface area contributed by atoms with E-state index in [1.165, 1.54) is 28.3 Å². The topological polar surface area (TPSA) is 48.5 Å². The Morgan fingerprint density at radius 2 is 1.70 bits per heavy atom. The fourth-order valence-electron chi connectivity index (χ4n) is 4.23. The maximum absolute atomic E-state index is 13.4. The summed E-state index contributed by atoms with van der Waals surface area (Å²) in [5.74, 6) is 0.849. The van der Waals surface area contributed by atoms with Gasteiger partial charge in [0.2, 0.25) is 5.95 Å². The van der Waals surface area contributed by atoms with E-state index in [0.717, 1.165) is 41.1 Å². The van der Waals surface area contributed by atoms with E-state index in [1.54, 1.807) is 6.20 Å². The molecule has 0 amide bonds. The number of rotatable bonds is 3. The smallest absolute Gasteiger partial charge is 0.233 e. The number of aryl methyl sites for hydroxylation is 2. The molecular formula is C24H18FN5. The van der Waals surface area contributed by atoms with Crippen molar-refractivity contribution in [3.8, 4) is 22.9 Å². The van der Waals surface area contributed by atoms with E-state index < -0.39 is 5.95 Å². The van der Waals surface area contributed by atoms with Crippen molar-refractivity contribution in [3.05, 3.63) is 90.0 Å². The highest BCUT2D eigenvalue weighted by molar-refractivity contribution is 5.81. The Labute approximate surface area is 172 Å². The maximum atomic E-state index is 13.4. The first kappa shape index (κ1) is 17.1. The molecule has 0 spiro atoms. The molecule has 2 aromatic carbocycles. The largest absolute Gasteiger partial charge is 0.277 e. The van der Waals surface area contributed by atoms with Crippen LogP contribution in [-0.4, -0.2) is 24.3 Å². The Balaban J connectivity index is 1.62. The highest BCUT2D eigenvalue weighted by atomic mass is 19.1. The number of fused-ring (bicyclic) bond motifs is 2. The molecule has 0 unspecified atom stereocenters. The van der Waals surface area contributed by atoms with Crippen molar-refractivity contribution in [2.45, 2.75) is 19.3 Å². The van der Waals surface area contributed by atoms with Crippen molar-refractivity contribution in [2.24, 2.45) is 0 Å². The summed E-state index contributed by atoms with van der Waals surface area (Å²) in [6.45, 7) is 0. The molecule has 0 aliphatic heterocycles. The van der Waals surface area contributed by atoms with Gasteiger partial charge in [-0.15, -0.1) is 5.10 Å². The third-order valence-electron chi connectivity index (χ3n) is 5.65. The van der Waals surface area contributed by atoms with Gasteiger partial charge in [0.1, 0.15) is 11.3 Å². The van der Waals surface area contributed by atoms with Crippen LogP contribution in [0, 0.1) is 5.95 Å². The van der Waals surface area contributed by atoms with E-state index in [9.17, 15) is 4.39 Å². The van der Waals surface area contributed by atoms with Crippen molar-refractivity contribution >= 4 is 11.2 Å². The molecule has 30 heavy (non-hydrogen) atoms. The second-order valence-corrected chi connectivity index (χ2v) is 7.54. The summed E-state index contributed by atoms with van der Waals surface area (Å²) in [5.41, 5.74) is 6.37. The van der Waals surface area contributed by atoms with E-state index in [0.29, 0.717) is 5.82 Å². The first-order valence-corrected chi connectivity index (χ1v) is 10.0. The molecule has 0 fully saturated rings. The van der Waals surface area contributed by atoms with Gasteiger partial charge in [-0.05, 0) is 54.7 Å². The van der Waals surface area contributed by atoms with Gasteiger partial charge in [0.25, 0.3) is 0 Å². The summed E-state index contributed by atoms with van der Waals surface area (Å²) in [6, 6.07) is 21.7. The fourth-order valence-corrected chi connectivity index (χ4v) is 4.23. The van der Waals surface area contributed by atoms with E-state index in [2.05, 4.69) is 40.0 Å². The molecule has 6 rings (SSSR count). The SMILES string of the molecule is Fc1ccn(-c2ccc3nc(-c4ccccc4)n(-c4ccc5c(c4)CCC5)c3n2)n1. The van der Waals surface area contributed by atoms with Crippen LogP contribution in [0.2, 0.25) is 0 Å². The molecule has 0 N–H and O–H groups in total. The molecule has 1 aliphatic rings. The third-order valence-corrected chi connectivity index (χ3v) is 5.65. The van der Waals surface area contributed by atoms with Crippen LogP contribution in [0.25, 0.3) is 34.1 Å². The summed E-state index contributed by atoms with van der Waals surface area (Å²) in [7, 11) is 0. The van der Waals surface area contributed by atoms with Crippen molar-refractivity contribution < 1.29 is 4.39 Å². The van der Waals surface area contributed by atoms with Crippen LogP contribution >= 0.6 is 0 Å². The normalized spacial score (nSPS) is 13.1. The van der Waals surface area contributed by atoms with Crippen LogP contribution < -0.4 is 0 Å². The monoisotopic (exact) mass is 395 g/mol. The molecule has 0 bridgehead atoms. The number of benzene rings is 2. The van der Waals surface area contributed by atoms with Crippen molar-refractivity contribution in [1.82, 2.24) is 24.3 Å². The summed E-state index contributed by atoms with van der Waals surface area (Å²) >= 11 is 0. The van der Waals surface area contributed by atoms with Gasteiger partial charge in [-0.25, -0.2) is 14.6 Å². The molecule has 5 nitrogen and oxygen atoms in total. The van der Waals surface area contributed by atoms with Crippen molar-refractivity contribution in [3.63, 3.8) is 0 Å². The lowest BCUT2D eigenvalue weighted by molar-refractivity contribution is 0.565. The second-order valence-electron chi connectivity index (χ2n) is 7.54. The van der Waals surface area contributed by atoms with E-state index in [1.807, 2.05) is 30.3 Å². The molecule has 1 aliphatic carbocycles. The fraction of sp³-hybridized carbons (Fsp3) is 0.125. The van der Waals surface area contributed by atoms with E-state index >= 15 is 0 Å². The first-order chi connectivity index (χ1) is 14.8. The molecule has 3 heterocycles. The summed E-state index contributed by atoms with van der Waals surface area (Å²) in [4.78, 5) is 9.70. The zero-order valence-corrected chi connectivity index (χ0v) is 16.2. The first-order valence-electron chi connectivity index (χ1n) is 10.0. The van der Waals surface area contributed by atoms with Gasteiger partial charge < -0.3 is 0 Å². The molecule has 5 aromatic rings. The highest BCUT2D eigenvalue weighted by Gasteiger charge is 2.19. The number of hydrogen-bond donors (Lipinski definition) is 0. The minimum absolute atomic E-state index is 0.533. The average molecular weight is 395 g/mol. The van der Waals surface area contributed by atoms with Crippen LogP contribution in [0.1, 0.15) is 17.5 Å². The van der Waals surface area contributed by atoms with Crippen molar-refractivity contribution in [1.29, 1.82) is 0 Å². The van der Waals surface area contributed by atoms with Crippen LogP contribution in [-0.2, 0) is 12.8 Å². The minimum Gasteiger partial charge on any atom is -0.277 e.